The zero-order valence-electron chi connectivity index (χ0n) is 9.88. The number of carbonyl (C=O) groups is 1. The van der Waals surface area contributed by atoms with Gasteiger partial charge in [-0.25, -0.2) is 4.79 Å². The van der Waals surface area contributed by atoms with Crippen molar-refractivity contribution in [1.82, 2.24) is 10.6 Å². The van der Waals surface area contributed by atoms with Gasteiger partial charge in [0.1, 0.15) is 12.3 Å². The van der Waals surface area contributed by atoms with Gasteiger partial charge in [0.2, 0.25) is 0 Å². The molecule has 0 aliphatic rings. The molecule has 4 nitrogen and oxygen atoms in total. The van der Waals surface area contributed by atoms with E-state index in [9.17, 15) is 18.0 Å². The van der Waals surface area contributed by atoms with Crippen LogP contribution >= 0.6 is 0 Å². The SMILES string of the molecule is CC(CCc1ccco1)NC(=O)NCC(F)(F)F. The number of halogens is 3. The van der Waals surface area contributed by atoms with E-state index in [1.165, 1.54) is 0 Å². The van der Waals surface area contributed by atoms with E-state index < -0.39 is 18.8 Å². The molecule has 0 bridgehead atoms. The van der Waals surface area contributed by atoms with Gasteiger partial charge in [-0.05, 0) is 25.5 Å². The minimum absolute atomic E-state index is 0.233. The molecule has 0 spiro atoms. The summed E-state index contributed by atoms with van der Waals surface area (Å²) in [6.07, 6.45) is -1.64. The predicted molar refractivity (Wildman–Crippen MR) is 59.1 cm³/mol. The third kappa shape index (κ3) is 6.17. The lowest BCUT2D eigenvalue weighted by atomic mass is 10.1. The number of alkyl halides is 3. The Balaban J connectivity index is 2.19. The summed E-state index contributed by atoms with van der Waals surface area (Å²) >= 11 is 0. The summed E-state index contributed by atoms with van der Waals surface area (Å²) in [6, 6.07) is 2.50. The molecule has 0 aromatic carbocycles. The zero-order chi connectivity index (χ0) is 13.6. The van der Waals surface area contributed by atoms with Crippen molar-refractivity contribution in [3.05, 3.63) is 24.2 Å². The van der Waals surface area contributed by atoms with Gasteiger partial charge in [0.25, 0.3) is 0 Å². The molecule has 0 radical (unpaired) electrons. The summed E-state index contributed by atoms with van der Waals surface area (Å²) in [7, 11) is 0. The van der Waals surface area contributed by atoms with Crippen LogP contribution in [0.4, 0.5) is 18.0 Å². The van der Waals surface area contributed by atoms with E-state index >= 15 is 0 Å². The molecule has 0 saturated carbocycles. The number of aryl methyl sites for hydroxylation is 1. The number of hydrogen-bond acceptors (Lipinski definition) is 2. The van der Waals surface area contributed by atoms with Gasteiger partial charge < -0.3 is 15.1 Å². The molecule has 7 heteroatoms. The summed E-state index contributed by atoms with van der Waals surface area (Å²) in [5, 5.41) is 4.17. The molecule has 1 atom stereocenters. The highest BCUT2D eigenvalue weighted by molar-refractivity contribution is 5.74. The fraction of sp³-hybridized carbons (Fsp3) is 0.545. The van der Waals surface area contributed by atoms with Crippen LogP contribution in [-0.2, 0) is 6.42 Å². The van der Waals surface area contributed by atoms with Crippen LogP contribution in [0, 0.1) is 0 Å². The minimum atomic E-state index is -4.39. The Kier molecular flexibility index (Phi) is 5.06. The summed E-state index contributed by atoms with van der Waals surface area (Å²) in [5.74, 6) is 0.777. The first-order valence-electron chi connectivity index (χ1n) is 5.50. The summed E-state index contributed by atoms with van der Waals surface area (Å²) in [6.45, 7) is 0.389. The lowest BCUT2D eigenvalue weighted by Gasteiger charge is -2.14. The van der Waals surface area contributed by atoms with Crippen LogP contribution < -0.4 is 10.6 Å². The summed E-state index contributed by atoms with van der Waals surface area (Å²) < 4.78 is 40.6. The molecular formula is C11H15F3N2O2. The highest BCUT2D eigenvalue weighted by Crippen LogP contribution is 2.12. The number of amides is 2. The highest BCUT2D eigenvalue weighted by Gasteiger charge is 2.27. The second-order valence-corrected chi connectivity index (χ2v) is 3.96. The maximum absolute atomic E-state index is 11.8. The van der Waals surface area contributed by atoms with Gasteiger partial charge in [-0.15, -0.1) is 0 Å². The largest absolute Gasteiger partial charge is 0.469 e. The zero-order valence-corrected chi connectivity index (χ0v) is 9.88. The van der Waals surface area contributed by atoms with Crippen molar-refractivity contribution in [3.8, 4) is 0 Å². The van der Waals surface area contributed by atoms with Crippen LogP contribution in [0.25, 0.3) is 0 Å². The molecule has 18 heavy (non-hydrogen) atoms. The van der Waals surface area contributed by atoms with Crippen LogP contribution in [0.5, 0.6) is 0 Å². The molecule has 1 aromatic rings. The number of rotatable bonds is 5. The molecule has 0 aliphatic carbocycles. The van der Waals surface area contributed by atoms with Crippen LogP contribution in [0.15, 0.2) is 22.8 Å². The summed E-state index contributed by atoms with van der Waals surface area (Å²) in [4.78, 5) is 11.1. The quantitative estimate of drug-likeness (QED) is 0.858. The molecule has 1 heterocycles. The topological polar surface area (TPSA) is 54.3 Å². The number of furan rings is 1. The van der Waals surface area contributed by atoms with Crippen LogP contribution in [0.1, 0.15) is 19.1 Å². The van der Waals surface area contributed by atoms with Crippen molar-refractivity contribution in [3.63, 3.8) is 0 Å². The molecule has 0 fully saturated rings. The van der Waals surface area contributed by atoms with Crippen molar-refractivity contribution in [2.24, 2.45) is 0 Å². The second-order valence-electron chi connectivity index (χ2n) is 3.96. The predicted octanol–water partition coefficient (Wildman–Crippen LogP) is 2.46. The second kappa shape index (κ2) is 6.32. The molecule has 0 aliphatic heterocycles. The molecule has 0 saturated heterocycles. The molecule has 1 unspecified atom stereocenters. The number of urea groups is 1. The van der Waals surface area contributed by atoms with E-state index in [1.54, 1.807) is 30.6 Å². The van der Waals surface area contributed by atoms with E-state index in [2.05, 4.69) is 5.32 Å². The summed E-state index contributed by atoms with van der Waals surface area (Å²) in [5.41, 5.74) is 0. The van der Waals surface area contributed by atoms with Crippen LogP contribution in [-0.4, -0.2) is 24.8 Å². The van der Waals surface area contributed by atoms with E-state index in [-0.39, 0.29) is 6.04 Å². The Bertz CT molecular complexity index is 363. The Hall–Kier alpha value is -1.66. The van der Waals surface area contributed by atoms with E-state index in [4.69, 9.17) is 4.42 Å². The van der Waals surface area contributed by atoms with Gasteiger partial charge in [0.15, 0.2) is 0 Å². The third-order valence-corrected chi connectivity index (χ3v) is 2.23. The average Bonchev–Trinajstić information content (AvgIpc) is 2.75. The fourth-order valence-corrected chi connectivity index (χ4v) is 1.34. The Morgan fingerprint density at radius 2 is 2.22 bits per heavy atom. The average molecular weight is 264 g/mol. The van der Waals surface area contributed by atoms with Crippen molar-refractivity contribution >= 4 is 6.03 Å². The van der Waals surface area contributed by atoms with Gasteiger partial charge in [0, 0.05) is 12.5 Å². The van der Waals surface area contributed by atoms with Gasteiger partial charge in [-0.1, -0.05) is 0 Å². The molecule has 1 rings (SSSR count). The first-order valence-corrected chi connectivity index (χ1v) is 5.50. The number of nitrogens with one attached hydrogen (secondary N) is 2. The molecule has 102 valence electrons. The monoisotopic (exact) mass is 264 g/mol. The Labute approximate surface area is 103 Å². The van der Waals surface area contributed by atoms with Crippen molar-refractivity contribution in [2.75, 3.05) is 6.54 Å². The molecular weight excluding hydrogens is 249 g/mol. The van der Waals surface area contributed by atoms with Crippen molar-refractivity contribution in [1.29, 1.82) is 0 Å². The maximum Gasteiger partial charge on any atom is 0.405 e. The molecule has 2 amide bonds. The fourth-order valence-electron chi connectivity index (χ4n) is 1.34. The van der Waals surface area contributed by atoms with Crippen LogP contribution in [0.2, 0.25) is 0 Å². The highest BCUT2D eigenvalue weighted by atomic mass is 19.4. The van der Waals surface area contributed by atoms with E-state index in [0.29, 0.717) is 12.8 Å². The first kappa shape index (κ1) is 14.4. The van der Waals surface area contributed by atoms with Crippen molar-refractivity contribution < 1.29 is 22.4 Å². The Morgan fingerprint density at radius 1 is 1.50 bits per heavy atom. The molecule has 1 aromatic heterocycles. The lowest BCUT2D eigenvalue weighted by molar-refractivity contribution is -0.122. The van der Waals surface area contributed by atoms with E-state index in [0.717, 1.165) is 5.76 Å². The first-order chi connectivity index (χ1) is 8.37. The Morgan fingerprint density at radius 3 is 2.78 bits per heavy atom. The van der Waals surface area contributed by atoms with Gasteiger partial charge in [0.05, 0.1) is 6.26 Å². The standard InChI is InChI=1S/C11H15F3N2O2/c1-8(4-5-9-3-2-6-18-9)16-10(17)15-7-11(12,13)14/h2-3,6,8H,4-5,7H2,1H3,(H2,15,16,17). The van der Waals surface area contributed by atoms with Crippen LogP contribution in [0.3, 0.4) is 0 Å². The minimum Gasteiger partial charge on any atom is -0.469 e. The van der Waals surface area contributed by atoms with Gasteiger partial charge in [-0.3, -0.25) is 0 Å². The number of carbonyl (C=O) groups excluding carboxylic acids is 1. The van der Waals surface area contributed by atoms with Crippen molar-refractivity contribution in [2.45, 2.75) is 32.0 Å². The number of hydrogen-bond donors (Lipinski definition) is 2. The smallest absolute Gasteiger partial charge is 0.405 e. The maximum atomic E-state index is 11.8. The van der Waals surface area contributed by atoms with E-state index in [1.807, 2.05) is 0 Å². The van der Waals surface area contributed by atoms with Gasteiger partial charge >= 0.3 is 12.2 Å². The van der Waals surface area contributed by atoms with Gasteiger partial charge in [-0.2, -0.15) is 13.2 Å². The molecule has 2 N–H and O–H groups in total. The lowest BCUT2D eigenvalue weighted by Crippen LogP contribution is -2.44. The normalized spacial score (nSPS) is 13.1. The third-order valence-electron chi connectivity index (χ3n) is 2.23.